The number of aryl methyl sites for hydroxylation is 2. The maximum Gasteiger partial charge on any atom is 0.223 e. The summed E-state index contributed by atoms with van der Waals surface area (Å²) in [4.78, 5) is 29.1. The van der Waals surface area contributed by atoms with Gasteiger partial charge in [0.15, 0.2) is 0 Å². The third kappa shape index (κ3) is 4.53. The van der Waals surface area contributed by atoms with Gasteiger partial charge in [-0.05, 0) is 37.3 Å². The molecule has 1 aliphatic heterocycles. The molecule has 120 valence electrons. The molecule has 1 unspecified atom stereocenters. The van der Waals surface area contributed by atoms with Crippen LogP contribution in [-0.2, 0) is 16.0 Å². The number of carbonyl (C=O) groups excluding carboxylic acids is 2. The summed E-state index contributed by atoms with van der Waals surface area (Å²) in [6.45, 7) is 2.76. The van der Waals surface area contributed by atoms with Gasteiger partial charge >= 0.3 is 0 Å². The molecule has 6 nitrogen and oxygen atoms in total. The number of β-amino-alcohol motifs (C(OH)–C–C–N with tert-alkyl or cyclic N) is 1. The Bertz CT molecular complexity index is 561. The number of pyridine rings is 1. The average molecular weight is 305 g/mol. The summed E-state index contributed by atoms with van der Waals surface area (Å²) in [6.07, 6.45) is 5.62. The first kappa shape index (κ1) is 16.4. The van der Waals surface area contributed by atoms with Crippen molar-refractivity contribution in [3.05, 3.63) is 29.6 Å². The van der Waals surface area contributed by atoms with Crippen LogP contribution in [0, 0.1) is 6.92 Å². The van der Waals surface area contributed by atoms with Crippen molar-refractivity contribution in [2.24, 2.45) is 5.73 Å². The molecular formula is C16H23N3O3. The standard InChI is InChI=1S/C16H23N3O3/c1-12-7-13(10-18-9-12)3-4-15(21)19-6-2-5-16(22,11-19)8-14(17)20/h7,9-10,22H,2-6,8,11H2,1H3,(H2,17,20). The number of carbonyl (C=O) groups is 2. The minimum Gasteiger partial charge on any atom is -0.388 e. The summed E-state index contributed by atoms with van der Waals surface area (Å²) < 4.78 is 0. The lowest BCUT2D eigenvalue weighted by atomic mass is 9.89. The molecule has 0 aliphatic carbocycles. The van der Waals surface area contributed by atoms with E-state index >= 15 is 0 Å². The molecule has 1 saturated heterocycles. The van der Waals surface area contributed by atoms with E-state index in [0.29, 0.717) is 32.2 Å². The zero-order chi connectivity index (χ0) is 16.2. The summed E-state index contributed by atoms with van der Waals surface area (Å²) in [6, 6.07) is 2.01. The highest BCUT2D eigenvalue weighted by Crippen LogP contribution is 2.25. The minimum atomic E-state index is -1.18. The van der Waals surface area contributed by atoms with E-state index in [1.165, 1.54) is 0 Å². The normalized spacial score (nSPS) is 21.6. The van der Waals surface area contributed by atoms with Crippen molar-refractivity contribution in [2.75, 3.05) is 13.1 Å². The van der Waals surface area contributed by atoms with Crippen molar-refractivity contribution in [2.45, 2.75) is 44.6 Å². The fraction of sp³-hybridized carbons (Fsp3) is 0.562. The molecule has 3 N–H and O–H groups in total. The highest BCUT2D eigenvalue weighted by molar-refractivity contribution is 5.77. The summed E-state index contributed by atoms with van der Waals surface area (Å²) in [5, 5.41) is 10.4. The van der Waals surface area contributed by atoms with Crippen molar-refractivity contribution in [3.63, 3.8) is 0 Å². The van der Waals surface area contributed by atoms with Crippen LogP contribution >= 0.6 is 0 Å². The second-order valence-corrected chi connectivity index (χ2v) is 6.16. The maximum atomic E-state index is 12.3. The number of nitrogens with zero attached hydrogens (tertiary/aromatic N) is 2. The third-order valence-electron chi connectivity index (χ3n) is 3.97. The molecule has 0 bridgehead atoms. The Labute approximate surface area is 130 Å². The number of aromatic nitrogens is 1. The van der Waals surface area contributed by atoms with Crippen LogP contribution in [0.5, 0.6) is 0 Å². The van der Waals surface area contributed by atoms with Gasteiger partial charge in [0.2, 0.25) is 11.8 Å². The highest BCUT2D eigenvalue weighted by Gasteiger charge is 2.36. The van der Waals surface area contributed by atoms with Gasteiger partial charge < -0.3 is 15.7 Å². The van der Waals surface area contributed by atoms with E-state index in [0.717, 1.165) is 11.1 Å². The SMILES string of the molecule is Cc1cncc(CCC(=O)N2CCCC(O)(CC(N)=O)C2)c1. The molecule has 2 rings (SSSR count). The summed E-state index contributed by atoms with van der Waals surface area (Å²) in [5.74, 6) is -0.549. The van der Waals surface area contributed by atoms with Crippen molar-refractivity contribution < 1.29 is 14.7 Å². The second-order valence-electron chi connectivity index (χ2n) is 6.16. The van der Waals surface area contributed by atoms with Crippen LogP contribution in [0.3, 0.4) is 0 Å². The van der Waals surface area contributed by atoms with Crippen LogP contribution in [0.1, 0.15) is 36.8 Å². The molecule has 0 radical (unpaired) electrons. The summed E-state index contributed by atoms with van der Waals surface area (Å²) >= 11 is 0. The Balaban J connectivity index is 1.90. The molecule has 2 heterocycles. The Kier molecular flexibility index (Phi) is 5.13. The number of likely N-dealkylation sites (tertiary alicyclic amines) is 1. The van der Waals surface area contributed by atoms with Crippen molar-refractivity contribution in [1.29, 1.82) is 0 Å². The van der Waals surface area contributed by atoms with Gasteiger partial charge in [-0.25, -0.2) is 0 Å². The van der Waals surface area contributed by atoms with Gasteiger partial charge in [0.1, 0.15) is 0 Å². The predicted octanol–water partition coefficient (Wildman–Crippen LogP) is 0.552. The quantitative estimate of drug-likeness (QED) is 0.830. The first-order valence-corrected chi connectivity index (χ1v) is 7.57. The van der Waals surface area contributed by atoms with Crippen molar-refractivity contribution >= 4 is 11.8 Å². The van der Waals surface area contributed by atoms with Gasteiger partial charge in [-0.2, -0.15) is 0 Å². The van der Waals surface area contributed by atoms with E-state index < -0.39 is 11.5 Å². The first-order chi connectivity index (χ1) is 10.4. The number of hydrogen-bond acceptors (Lipinski definition) is 4. The van der Waals surface area contributed by atoms with Crippen molar-refractivity contribution in [3.8, 4) is 0 Å². The molecule has 1 atom stereocenters. The fourth-order valence-corrected chi connectivity index (χ4v) is 2.96. The van der Waals surface area contributed by atoms with Gasteiger partial charge in [0.25, 0.3) is 0 Å². The Hall–Kier alpha value is -1.95. The first-order valence-electron chi connectivity index (χ1n) is 7.57. The number of nitrogens with two attached hydrogens (primary N) is 1. The zero-order valence-corrected chi connectivity index (χ0v) is 12.9. The van der Waals surface area contributed by atoms with Crippen LogP contribution in [0.2, 0.25) is 0 Å². The smallest absolute Gasteiger partial charge is 0.223 e. The van der Waals surface area contributed by atoms with Gasteiger partial charge in [-0.15, -0.1) is 0 Å². The predicted molar refractivity (Wildman–Crippen MR) is 81.9 cm³/mol. The van der Waals surface area contributed by atoms with E-state index in [-0.39, 0.29) is 18.9 Å². The Morgan fingerprint density at radius 1 is 1.45 bits per heavy atom. The number of primary amides is 1. The number of rotatable bonds is 5. The molecule has 6 heteroatoms. The number of aliphatic hydroxyl groups is 1. The summed E-state index contributed by atoms with van der Waals surface area (Å²) in [5.41, 5.74) is 6.09. The minimum absolute atomic E-state index is 0.0101. The van der Waals surface area contributed by atoms with Crippen molar-refractivity contribution in [1.82, 2.24) is 9.88 Å². The van der Waals surface area contributed by atoms with Crippen LogP contribution in [-0.4, -0.2) is 45.5 Å². The molecule has 22 heavy (non-hydrogen) atoms. The molecular weight excluding hydrogens is 282 g/mol. The molecule has 1 aliphatic rings. The van der Waals surface area contributed by atoms with Crippen LogP contribution in [0.4, 0.5) is 0 Å². The third-order valence-corrected chi connectivity index (χ3v) is 3.97. The topological polar surface area (TPSA) is 96.5 Å². The van der Waals surface area contributed by atoms with E-state index in [9.17, 15) is 14.7 Å². The molecule has 0 spiro atoms. The fourth-order valence-electron chi connectivity index (χ4n) is 2.96. The lowest BCUT2D eigenvalue weighted by Crippen LogP contribution is -2.51. The monoisotopic (exact) mass is 305 g/mol. The number of piperidine rings is 1. The Morgan fingerprint density at radius 2 is 2.23 bits per heavy atom. The molecule has 0 aromatic carbocycles. The van der Waals surface area contributed by atoms with Gasteiger partial charge in [0.05, 0.1) is 12.0 Å². The van der Waals surface area contributed by atoms with E-state index in [2.05, 4.69) is 4.98 Å². The van der Waals surface area contributed by atoms with Gasteiger partial charge in [-0.3, -0.25) is 14.6 Å². The Morgan fingerprint density at radius 3 is 2.91 bits per heavy atom. The highest BCUT2D eigenvalue weighted by atomic mass is 16.3. The number of hydrogen-bond donors (Lipinski definition) is 2. The van der Waals surface area contributed by atoms with Crippen LogP contribution < -0.4 is 5.73 Å². The average Bonchev–Trinajstić information content (AvgIpc) is 2.43. The van der Waals surface area contributed by atoms with Crippen LogP contribution in [0.25, 0.3) is 0 Å². The lowest BCUT2D eigenvalue weighted by Gasteiger charge is -2.38. The molecule has 1 fully saturated rings. The van der Waals surface area contributed by atoms with E-state index in [1.807, 2.05) is 13.0 Å². The zero-order valence-electron chi connectivity index (χ0n) is 12.9. The lowest BCUT2D eigenvalue weighted by molar-refractivity contribution is -0.141. The van der Waals surface area contributed by atoms with Gasteiger partial charge in [-0.1, -0.05) is 6.07 Å². The van der Waals surface area contributed by atoms with Gasteiger partial charge in [0, 0.05) is 31.9 Å². The van der Waals surface area contributed by atoms with E-state index in [1.54, 1.807) is 17.3 Å². The largest absolute Gasteiger partial charge is 0.388 e. The maximum absolute atomic E-state index is 12.3. The van der Waals surface area contributed by atoms with Crippen LogP contribution in [0.15, 0.2) is 18.5 Å². The number of amides is 2. The molecule has 1 aromatic heterocycles. The molecule has 2 amide bonds. The summed E-state index contributed by atoms with van der Waals surface area (Å²) in [7, 11) is 0. The second kappa shape index (κ2) is 6.87. The molecule has 1 aromatic rings. The molecule has 0 saturated carbocycles. The van der Waals surface area contributed by atoms with E-state index in [4.69, 9.17) is 5.73 Å².